The van der Waals surface area contributed by atoms with Crippen molar-refractivity contribution in [2.24, 2.45) is 0 Å². The summed E-state index contributed by atoms with van der Waals surface area (Å²) in [4.78, 5) is 9.03. The van der Waals surface area contributed by atoms with Gasteiger partial charge in [-0.25, -0.2) is 0 Å². The van der Waals surface area contributed by atoms with Gasteiger partial charge in [-0.2, -0.15) is 0 Å². The van der Waals surface area contributed by atoms with Gasteiger partial charge in [0.1, 0.15) is 0 Å². The van der Waals surface area contributed by atoms with E-state index in [-0.39, 0.29) is 0 Å². The Kier molecular flexibility index (Phi) is 4.09. The van der Waals surface area contributed by atoms with Crippen molar-refractivity contribution in [3.8, 4) is 11.4 Å². The molecule has 92 valence electrons. The van der Waals surface area contributed by atoms with Crippen LogP contribution in [-0.2, 0) is 0 Å². The molecule has 0 fully saturated rings. The van der Waals surface area contributed by atoms with Crippen LogP contribution < -0.4 is 10.4 Å². The molecule has 2 aromatic rings. The molecule has 0 atom stereocenters. The van der Waals surface area contributed by atoms with Crippen molar-refractivity contribution < 1.29 is 0 Å². The molecule has 4 heteroatoms. The third-order valence-electron chi connectivity index (χ3n) is 2.94. The van der Waals surface area contributed by atoms with Gasteiger partial charge in [-0.15, -0.1) is 0 Å². The zero-order valence-electron chi connectivity index (χ0n) is 11.4. The van der Waals surface area contributed by atoms with E-state index in [1.807, 2.05) is 12.4 Å². The highest BCUT2D eigenvalue weighted by Crippen LogP contribution is 2.11. The minimum Gasteiger partial charge on any atom is -0.255 e. The number of pyridine rings is 2. The van der Waals surface area contributed by atoms with Gasteiger partial charge in [-0.05, 0) is 22.5 Å². The van der Waals surface area contributed by atoms with Crippen LogP contribution in [0.25, 0.3) is 11.4 Å². The van der Waals surface area contributed by atoms with Crippen LogP contribution in [0.2, 0.25) is 26.2 Å². The molecule has 0 aliphatic carbocycles. The van der Waals surface area contributed by atoms with E-state index in [4.69, 9.17) is 0 Å². The first-order chi connectivity index (χ1) is 8.58. The van der Waals surface area contributed by atoms with Gasteiger partial charge in [0.15, 0.2) is 0 Å². The summed E-state index contributed by atoms with van der Waals surface area (Å²) < 4.78 is 0. The molecule has 0 aliphatic rings. The normalized spacial score (nSPS) is 11.2. The molecule has 0 saturated carbocycles. The van der Waals surface area contributed by atoms with Gasteiger partial charge in [0.05, 0.1) is 29.0 Å². The predicted molar refractivity (Wildman–Crippen MR) is 81.7 cm³/mol. The molecule has 0 saturated heterocycles. The molecule has 2 nitrogen and oxygen atoms in total. The van der Waals surface area contributed by atoms with E-state index < -0.39 is 17.6 Å². The molecular formula is C14H18N2Si2. The number of hydrogen-bond acceptors (Lipinski definition) is 2. The third-order valence-corrected chi connectivity index (χ3v) is 5.85. The molecule has 0 N–H and O–H groups in total. The molecular weight excluding hydrogens is 252 g/mol. The molecule has 0 unspecified atom stereocenters. The Labute approximate surface area is 112 Å². The lowest BCUT2D eigenvalue weighted by atomic mass is 10.2. The first-order valence-electron chi connectivity index (χ1n) is 6.11. The fraction of sp³-hybridized carbons (Fsp3) is 0.286. The molecule has 2 radical (unpaired) electrons. The van der Waals surface area contributed by atoms with Crippen LogP contribution in [-0.4, -0.2) is 27.6 Å². The van der Waals surface area contributed by atoms with Crippen molar-refractivity contribution in [1.29, 1.82) is 0 Å². The summed E-state index contributed by atoms with van der Waals surface area (Å²) in [6.07, 6.45) is 3.99. The molecule has 0 aromatic carbocycles. The van der Waals surface area contributed by atoms with E-state index in [9.17, 15) is 0 Å². The van der Waals surface area contributed by atoms with E-state index in [0.29, 0.717) is 0 Å². The molecule has 0 spiro atoms. The molecule has 2 rings (SSSR count). The fourth-order valence-electron chi connectivity index (χ4n) is 1.68. The standard InChI is InChI=1S/C14H18N2Si2/c1-17(2)11-5-7-13(15-9-11)14-8-6-12(10-16-14)18(3)4/h5-10H,1-4H3. The van der Waals surface area contributed by atoms with Crippen molar-refractivity contribution in [3.05, 3.63) is 36.7 Å². The quantitative estimate of drug-likeness (QED) is 0.798. The van der Waals surface area contributed by atoms with Crippen LogP contribution >= 0.6 is 0 Å². The lowest BCUT2D eigenvalue weighted by Gasteiger charge is -2.06. The maximum atomic E-state index is 4.52. The van der Waals surface area contributed by atoms with E-state index in [2.05, 4.69) is 60.4 Å². The van der Waals surface area contributed by atoms with Crippen molar-refractivity contribution in [1.82, 2.24) is 9.97 Å². The van der Waals surface area contributed by atoms with Gasteiger partial charge in [-0.1, -0.05) is 38.3 Å². The van der Waals surface area contributed by atoms with Gasteiger partial charge in [0.25, 0.3) is 0 Å². The van der Waals surface area contributed by atoms with Gasteiger partial charge >= 0.3 is 0 Å². The minimum absolute atomic E-state index is 0.407. The highest BCUT2D eigenvalue weighted by atomic mass is 28.3. The first-order valence-corrected chi connectivity index (χ1v) is 11.1. The second kappa shape index (κ2) is 5.58. The summed E-state index contributed by atoms with van der Waals surface area (Å²) in [6.45, 7) is 9.11. The SMILES string of the molecule is C[Si](C)c1ccc(-c2ccc([Si](C)C)cn2)nc1. The highest BCUT2D eigenvalue weighted by molar-refractivity contribution is 6.71. The Morgan fingerprint density at radius 2 is 1.06 bits per heavy atom. The summed E-state index contributed by atoms with van der Waals surface area (Å²) >= 11 is 0. The van der Waals surface area contributed by atoms with Gasteiger partial charge < -0.3 is 0 Å². The average molecular weight is 270 g/mol. The Morgan fingerprint density at radius 1 is 0.667 bits per heavy atom. The predicted octanol–water partition coefficient (Wildman–Crippen LogP) is 2.07. The Balaban J connectivity index is 2.25. The van der Waals surface area contributed by atoms with Crippen LogP contribution in [0.1, 0.15) is 0 Å². The van der Waals surface area contributed by atoms with Crippen LogP contribution in [0.5, 0.6) is 0 Å². The first kappa shape index (κ1) is 13.2. The highest BCUT2D eigenvalue weighted by Gasteiger charge is 2.06. The molecule has 0 bridgehead atoms. The smallest absolute Gasteiger partial charge is 0.0885 e. The third kappa shape index (κ3) is 2.94. The van der Waals surface area contributed by atoms with Crippen molar-refractivity contribution in [2.45, 2.75) is 26.2 Å². The molecule has 2 aromatic heterocycles. The van der Waals surface area contributed by atoms with E-state index in [1.165, 1.54) is 10.4 Å². The molecule has 2 heterocycles. The van der Waals surface area contributed by atoms with Crippen LogP contribution in [0.3, 0.4) is 0 Å². The van der Waals surface area contributed by atoms with E-state index in [0.717, 1.165) is 11.4 Å². The molecule has 18 heavy (non-hydrogen) atoms. The zero-order valence-corrected chi connectivity index (χ0v) is 13.4. The fourth-order valence-corrected chi connectivity index (χ4v) is 3.16. The van der Waals surface area contributed by atoms with Crippen LogP contribution in [0.4, 0.5) is 0 Å². The second-order valence-corrected chi connectivity index (χ2v) is 10.0. The van der Waals surface area contributed by atoms with Crippen molar-refractivity contribution in [3.63, 3.8) is 0 Å². The zero-order chi connectivity index (χ0) is 13.1. The number of nitrogens with zero attached hydrogens (tertiary/aromatic N) is 2. The Morgan fingerprint density at radius 3 is 1.28 bits per heavy atom. The lowest BCUT2D eigenvalue weighted by molar-refractivity contribution is 1.26. The van der Waals surface area contributed by atoms with Crippen LogP contribution in [0, 0.1) is 0 Å². The largest absolute Gasteiger partial charge is 0.255 e. The van der Waals surface area contributed by atoms with Crippen LogP contribution in [0.15, 0.2) is 36.7 Å². The summed E-state index contributed by atoms with van der Waals surface area (Å²) in [5, 5.41) is 2.74. The number of hydrogen-bond donors (Lipinski definition) is 0. The van der Waals surface area contributed by atoms with E-state index >= 15 is 0 Å². The lowest BCUT2D eigenvalue weighted by Crippen LogP contribution is -2.23. The average Bonchev–Trinajstić information content (AvgIpc) is 2.39. The number of rotatable bonds is 3. The Bertz CT molecular complexity index is 455. The summed E-state index contributed by atoms with van der Waals surface area (Å²) in [5.74, 6) is 0. The summed E-state index contributed by atoms with van der Waals surface area (Å²) in [6, 6.07) is 8.53. The van der Waals surface area contributed by atoms with Gasteiger partial charge in [-0.3, -0.25) is 9.97 Å². The van der Waals surface area contributed by atoms with Gasteiger partial charge in [0, 0.05) is 12.4 Å². The maximum Gasteiger partial charge on any atom is 0.0885 e. The molecule has 0 aliphatic heterocycles. The number of aromatic nitrogens is 2. The van der Waals surface area contributed by atoms with Crippen molar-refractivity contribution >= 4 is 28.0 Å². The Hall–Kier alpha value is -1.27. The minimum atomic E-state index is -0.407. The summed E-state index contributed by atoms with van der Waals surface area (Å²) in [5.41, 5.74) is 1.93. The monoisotopic (exact) mass is 270 g/mol. The van der Waals surface area contributed by atoms with Crippen molar-refractivity contribution in [2.75, 3.05) is 0 Å². The maximum absolute atomic E-state index is 4.52. The topological polar surface area (TPSA) is 25.8 Å². The van der Waals surface area contributed by atoms with Gasteiger partial charge in [0.2, 0.25) is 0 Å². The second-order valence-electron chi connectivity index (χ2n) is 4.86. The summed E-state index contributed by atoms with van der Waals surface area (Å²) in [7, 11) is -0.813. The van der Waals surface area contributed by atoms with E-state index in [1.54, 1.807) is 0 Å². The molecule has 0 amide bonds.